The van der Waals surface area contributed by atoms with Crippen LogP contribution in [0.4, 0.5) is 0 Å². The van der Waals surface area contributed by atoms with Crippen molar-refractivity contribution in [1.29, 1.82) is 0 Å². The Morgan fingerprint density at radius 3 is 2.63 bits per heavy atom. The maximum atomic E-state index is 12.6. The normalized spacial score (nSPS) is 13.1. The summed E-state index contributed by atoms with van der Waals surface area (Å²) in [6.45, 7) is -0.314. The van der Waals surface area contributed by atoms with E-state index in [2.05, 4.69) is 15.0 Å². The van der Waals surface area contributed by atoms with Crippen molar-refractivity contribution in [2.45, 2.75) is 18.8 Å². The molecule has 3 aromatic rings. The molecular formula is C22H19ClN2O5. The van der Waals surface area contributed by atoms with Gasteiger partial charge in [0, 0.05) is 21.7 Å². The van der Waals surface area contributed by atoms with E-state index >= 15 is 0 Å². The third-order valence-electron chi connectivity index (χ3n) is 4.81. The van der Waals surface area contributed by atoms with Crippen molar-refractivity contribution >= 4 is 34.2 Å². The smallest absolute Gasteiger partial charge is 0.325 e. The Kier molecular flexibility index (Phi) is 5.46. The fourth-order valence-corrected chi connectivity index (χ4v) is 3.35. The van der Waals surface area contributed by atoms with E-state index in [-0.39, 0.29) is 23.9 Å². The van der Waals surface area contributed by atoms with Gasteiger partial charge in [-0.1, -0.05) is 17.7 Å². The second-order valence-corrected chi connectivity index (χ2v) is 7.43. The molecule has 1 saturated carbocycles. The molecule has 0 unspecified atom stereocenters. The third-order valence-corrected chi connectivity index (χ3v) is 5.05. The molecule has 2 aromatic carbocycles. The fraction of sp³-hybridized carbons (Fsp3) is 0.227. The van der Waals surface area contributed by atoms with E-state index in [0.717, 1.165) is 23.9 Å². The standard InChI is InChI=1S/C22H19ClN2O5/c1-29-18(26)11-24-22(28)20-21(27)17-10-15(30-14-4-2-3-13(23)9-14)7-8-16(17)19(25-20)12-5-6-12/h2-4,7-10,12,27H,5-6,11H2,1H3,(H,24,28). The second-order valence-electron chi connectivity index (χ2n) is 6.99. The molecule has 0 aliphatic heterocycles. The number of hydrogen-bond donors (Lipinski definition) is 2. The van der Waals surface area contributed by atoms with Crippen LogP contribution in [0.15, 0.2) is 42.5 Å². The number of fused-ring (bicyclic) bond motifs is 1. The van der Waals surface area contributed by atoms with Gasteiger partial charge < -0.3 is 19.9 Å². The van der Waals surface area contributed by atoms with Crippen LogP contribution in [0, 0.1) is 0 Å². The average Bonchev–Trinajstić information content (AvgIpc) is 3.57. The van der Waals surface area contributed by atoms with Crippen molar-refractivity contribution in [2.24, 2.45) is 0 Å². The molecule has 1 aliphatic carbocycles. The molecule has 0 radical (unpaired) electrons. The monoisotopic (exact) mass is 426 g/mol. The first-order valence-electron chi connectivity index (χ1n) is 9.41. The molecule has 0 atom stereocenters. The highest BCUT2D eigenvalue weighted by molar-refractivity contribution is 6.30. The number of hydrogen-bond acceptors (Lipinski definition) is 6. The molecule has 1 aliphatic rings. The summed E-state index contributed by atoms with van der Waals surface area (Å²) >= 11 is 6.01. The highest BCUT2D eigenvalue weighted by Gasteiger charge is 2.30. The summed E-state index contributed by atoms with van der Waals surface area (Å²) in [5, 5.41) is 15.0. The van der Waals surface area contributed by atoms with Gasteiger partial charge in [-0.3, -0.25) is 9.59 Å². The minimum atomic E-state index is -0.650. The van der Waals surface area contributed by atoms with Gasteiger partial charge in [0.25, 0.3) is 5.91 Å². The highest BCUT2D eigenvalue weighted by atomic mass is 35.5. The quantitative estimate of drug-likeness (QED) is 0.574. The number of halogens is 1. The maximum absolute atomic E-state index is 12.6. The van der Waals surface area contributed by atoms with E-state index in [0.29, 0.717) is 21.9 Å². The van der Waals surface area contributed by atoms with Gasteiger partial charge in [-0.15, -0.1) is 0 Å². The molecule has 4 rings (SSSR count). The summed E-state index contributed by atoms with van der Waals surface area (Å²) in [5.41, 5.74) is 0.619. The summed E-state index contributed by atoms with van der Waals surface area (Å²) in [7, 11) is 1.23. The number of esters is 1. The van der Waals surface area contributed by atoms with Gasteiger partial charge in [0.1, 0.15) is 18.0 Å². The van der Waals surface area contributed by atoms with E-state index in [4.69, 9.17) is 16.3 Å². The number of aromatic nitrogens is 1. The van der Waals surface area contributed by atoms with Gasteiger partial charge in [0.05, 0.1) is 12.8 Å². The van der Waals surface area contributed by atoms with Crippen molar-refractivity contribution in [3.63, 3.8) is 0 Å². The molecule has 1 amide bonds. The minimum absolute atomic E-state index is 0.131. The van der Waals surface area contributed by atoms with Crippen molar-refractivity contribution in [3.05, 3.63) is 58.9 Å². The van der Waals surface area contributed by atoms with Crippen LogP contribution in [0.25, 0.3) is 10.8 Å². The predicted molar refractivity (Wildman–Crippen MR) is 111 cm³/mol. The lowest BCUT2D eigenvalue weighted by molar-refractivity contribution is -0.139. The highest BCUT2D eigenvalue weighted by Crippen LogP contribution is 2.45. The van der Waals surface area contributed by atoms with Gasteiger partial charge in [-0.25, -0.2) is 4.98 Å². The largest absolute Gasteiger partial charge is 0.505 e. The van der Waals surface area contributed by atoms with E-state index in [1.54, 1.807) is 36.4 Å². The lowest BCUT2D eigenvalue weighted by atomic mass is 10.0. The van der Waals surface area contributed by atoms with E-state index in [1.165, 1.54) is 7.11 Å². The number of nitrogens with one attached hydrogen (secondary N) is 1. The van der Waals surface area contributed by atoms with Gasteiger partial charge in [0.15, 0.2) is 11.4 Å². The molecule has 2 N–H and O–H groups in total. The summed E-state index contributed by atoms with van der Waals surface area (Å²) < 4.78 is 10.4. The van der Waals surface area contributed by atoms with Crippen LogP contribution in [0.3, 0.4) is 0 Å². The minimum Gasteiger partial charge on any atom is -0.505 e. The Balaban J connectivity index is 1.73. The van der Waals surface area contributed by atoms with Crippen LogP contribution in [-0.2, 0) is 9.53 Å². The molecule has 0 saturated heterocycles. The molecular weight excluding hydrogens is 408 g/mol. The molecule has 30 heavy (non-hydrogen) atoms. The summed E-state index contributed by atoms with van der Waals surface area (Å²) in [6.07, 6.45) is 1.94. The molecule has 1 fully saturated rings. The zero-order valence-electron chi connectivity index (χ0n) is 16.1. The lowest BCUT2D eigenvalue weighted by Gasteiger charge is -2.13. The molecule has 154 valence electrons. The number of amides is 1. The number of aromatic hydroxyl groups is 1. The number of rotatable bonds is 6. The molecule has 7 nitrogen and oxygen atoms in total. The van der Waals surface area contributed by atoms with Crippen LogP contribution in [-0.4, -0.2) is 35.6 Å². The fourth-order valence-electron chi connectivity index (χ4n) is 3.17. The van der Waals surface area contributed by atoms with E-state index < -0.39 is 11.9 Å². The van der Waals surface area contributed by atoms with Crippen LogP contribution in [0.1, 0.15) is 34.9 Å². The van der Waals surface area contributed by atoms with Gasteiger partial charge in [0.2, 0.25) is 0 Å². The van der Waals surface area contributed by atoms with Gasteiger partial charge >= 0.3 is 5.97 Å². The zero-order chi connectivity index (χ0) is 21.3. The number of nitrogens with zero attached hydrogens (tertiary/aromatic N) is 1. The Hall–Kier alpha value is -3.32. The van der Waals surface area contributed by atoms with E-state index in [9.17, 15) is 14.7 Å². The molecule has 1 aromatic heterocycles. The Morgan fingerprint density at radius 1 is 1.17 bits per heavy atom. The Bertz CT molecular complexity index is 1140. The lowest BCUT2D eigenvalue weighted by Crippen LogP contribution is -2.31. The van der Waals surface area contributed by atoms with Gasteiger partial charge in [-0.05, 0) is 49.2 Å². The number of methoxy groups -OCH3 is 1. The maximum Gasteiger partial charge on any atom is 0.325 e. The summed E-state index contributed by atoms with van der Waals surface area (Å²) in [5.74, 6) is -0.248. The second kappa shape index (κ2) is 8.20. The average molecular weight is 427 g/mol. The topological polar surface area (TPSA) is 97.8 Å². The zero-order valence-corrected chi connectivity index (χ0v) is 16.9. The van der Waals surface area contributed by atoms with Crippen molar-refractivity contribution < 1.29 is 24.2 Å². The molecule has 0 bridgehead atoms. The number of pyridine rings is 1. The SMILES string of the molecule is COC(=O)CNC(=O)c1nc(C2CC2)c2ccc(Oc3cccc(Cl)c3)cc2c1O. The summed E-state index contributed by atoms with van der Waals surface area (Å²) in [4.78, 5) is 28.3. The van der Waals surface area contributed by atoms with Crippen molar-refractivity contribution in [2.75, 3.05) is 13.7 Å². The van der Waals surface area contributed by atoms with Crippen LogP contribution >= 0.6 is 11.6 Å². The molecule has 1 heterocycles. The predicted octanol–water partition coefficient (Wildman–Crippen LogP) is 4.17. The van der Waals surface area contributed by atoms with Gasteiger partial charge in [-0.2, -0.15) is 0 Å². The number of ether oxygens (including phenoxy) is 2. The Labute approximate surface area is 177 Å². The molecule has 8 heteroatoms. The van der Waals surface area contributed by atoms with Crippen LogP contribution in [0.5, 0.6) is 17.2 Å². The molecule has 0 spiro atoms. The van der Waals surface area contributed by atoms with Crippen LogP contribution < -0.4 is 10.1 Å². The number of carbonyl (C=O) groups excluding carboxylic acids is 2. The Morgan fingerprint density at radius 2 is 1.93 bits per heavy atom. The first kappa shape index (κ1) is 20.0. The summed E-state index contributed by atoms with van der Waals surface area (Å²) in [6, 6.07) is 12.2. The third kappa shape index (κ3) is 4.16. The van der Waals surface area contributed by atoms with E-state index in [1.807, 2.05) is 6.07 Å². The number of benzene rings is 2. The van der Waals surface area contributed by atoms with Crippen molar-refractivity contribution in [3.8, 4) is 17.2 Å². The first-order valence-corrected chi connectivity index (χ1v) is 9.79. The van der Waals surface area contributed by atoms with Crippen LogP contribution in [0.2, 0.25) is 5.02 Å². The first-order chi connectivity index (χ1) is 14.5. The number of carbonyl (C=O) groups is 2. The van der Waals surface area contributed by atoms with Crippen molar-refractivity contribution in [1.82, 2.24) is 10.3 Å².